The molecule has 0 aromatic heterocycles. The monoisotopic (exact) mass is 420 g/mol. The number of hydrogen-bond acceptors (Lipinski definition) is 10. The molecular formula is C14H30O10P2. The first-order valence-corrected chi connectivity index (χ1v) is 12.4. The van der Waals surface area contributed by atoms with E-state index in [0.717, 1.165) is 0 Å². The Morgan fingerprint density at radius 3 is 0.846 bits per heavy atom. The first-order chi connectivity index (χ1) is 12.4. The fraction of sp³-hybridized carbons (Fsp3) is 1.00. The molecule has 0 saturated carbocycles. The van der Waals surface area contributed by atoms with E-state index in [0.29, 0.717) is 26.4 Å². The van der Waals surface area contributed by atoms with Crippen molar-refractivity contribution >= 4 is 15.2 Å². The molecule has 156 valence electrons. The Kier molecular flexibility index (Phi) is 13.2. The van der Waals surface area contributed by atoms with Gasteiger partial charge in [0.25, 0.3) is 0 Å². The Morgan fingerprint density at radius 1 is 0.423 bits per heavy atom. The Bertz CT molecular complexity index is 375. The van der Waals surface area contributed by atoms with Crippen molar-refractivity contribution in [3.63, 3.8) is 0 Å². The summed E-state index contributed by atoms with van der Waals surface area (Å²) in [5.74, 6) is 0. The molecule has 0 unspecified atom stereocenters. The summed E-state index contributed by atoms with van der Waals surface area (Å²) in [5, 5.41) is 0. The van der Waals surface area contributed by atoms with E-state index in [-0.39, 0.29) is 52.9 Å². The number of rotatable bonds is 0. The average molecular weight is 420 g/mol. The van der Waals surface area contributed by atoms with E-state index in [2.05, 4.69) is 0 Å². The van der Waals surface area contributed by atoms with E-state index >= 15 is 0 Å². The molecule has 0 amide bonds. The third kappa shape index (κ3) is 14.2. The van der Waals surface area contributed by atoms with E-state index in [9.17, 15) is 9.13 Å². The van der Waals surface area contributed by atoms with Crippen LogP contribution in [0.15, 0.2) is 0 Å². The third-order valence-corrected chi connectivity index (χ3v) is 5.56. The second-order valence-electron chi connectivity index (χ2n) is 5.33. The van der Waals surface area contributed by atoms with Gasteiger partial charge >= 0.3 is 15.2 Å². The standard InChI is InChI=1S/C14H30O10P2/c1-25(15)21-11-7-17-3-5-19-9-13-23-26(2,16)24-14-10-20-6-4-18-8-12-22-25/h3-14H2,1-2H3. The fourth-order valence-electron chi connectivity index (χ4n) is 1.77. The lowest BCUT2D eigenvalue weighted by Crippen LogP contribution is -2.13. The van der Waals surface area contributed by atoms with Crippen molar-refractivity contribution in [2.75, 3.05) is 92.6 Å². The van der Waals surface area contributed by atoms with Gasteiger partial charge in [0.2, 0.25) is 0 Å². The van der Waals surface area contributed by atoms with Crippen molar-refractivity contribution in [1.29, 1.82) is 0 Å². The zero-order valence-electron chi connectivity index (χ0n) is 15.5. The second kappa shape index (κ2) is 14.2. The topological polar surface area (TPSA) is 108 Å². The molecule has 0 atom stereocenters. The first kappa shape index (κ1) is 24.2. The Balaban J connectivity index is 2.30. The summed E-state index contributed by atoms with van der Waals surface area (Å²) >= 11 is 0. The maximum Gasteiger partial charge on any atom is 0.327 e. The van der Waals surface area contributed by atoms with Crippen LogP contribution in [0.25, 0.3) is 0 Å². The molecule has 1 fully saturated rings. The molecule has 0 aromatic carbocycles. The van der Waals surface area contributed by atoms with Gasteiger partial charge in [0.1, 0.15) is 0 Å². The molecule has 1 rings (SSSR count). The highest BCUT2D eigenvalue weighted by Gasteiger charge is 2.17. The summed E-state index contributed by atoms with van der Waals surface area (Å²) in [7, 11) is -6.23. The first-order valence-electron chi connectivity index (χ1n) is 8.45. The minimum atomic E-state index is -3.12. The molecule has 0 bridgehead atoms. The van der Waals surface area contributed by atoms with Gasteiger partial charge in [-0.15, -0.1) is 0 Å². The van der Waals surface area contributed by atoms with Crippen molar-refractivity contribution in [2.24, 2.45) is 0 Å². The van der Waals surface area contributed by atoms with E-state index in [1.165, 1.54) is 13.3 Å². The van der Waals surface area contributed by atoms with Gasteiger partial charge in [-0.2, -0.15) is 0 Å². The minimum absolute atomic E-state index is 0.155. The molecule has 10 nitrogen and oxygen atoms in total. The van der Waals surface area contributed by atoms with Crippen LogP contribution in [0.4, 0.5) is 0 Å². The van der Waals surface area contributed by atoms with Gasteiger partial charge in [0.15, 0.2) is 0 Å². The summed E-state index contributed by atoms with van der Waals surface area (Å²) in [5.41, 5.74) is 0. The van der Waals surface area contributed by atoms with Crippen LogP contribution in [0, 0.1) is 0 Å². The predicted octanol–water partition coefficient (Wildman–Crippen LogP) is 1.78. The van der Waals surface area contributed by atoms with Gasteiger partial charge in [0.05, 0.1) is 79.3 Å². The summed E-state index contributed by atoms with van der Waals surface area (Å²) in [4.78, 5) is 0. The molecule has 26 heavy (non-hydrogen) atoms. The van der Waals surface area contributed by atoms with E-state index in [1.807, 2.05) is 0 Å². The lowest BCUT2D eigenvalue weighted by Gasteiger charge is -2.16. The van der Waals surface area contributed by atoms with Crippen LogP contribution in [0.1, 0.15) is 0 Å². The Labute approximate surface area is 154 Å². The molecule has 0 N–H and O–H groups in total. The minimum Gasteiger partial charge on any atom is -0.377 e. The van der Waals surface area contributed by atoms with Crippen LogP contribution in [0.5, 0.6) is 0 Å². The zero-order chi connectivity index (χ0) is 19.1. The highest BCUT2D eigenvalue weighted by atomic mass is 31.2. The van der Waals surface area contributed by atoms with E-state index in [1.54, 1.807) is 0 Å². The predicted molar refractivity (Wildman–Crippen MR) is 94.1 cm³/mol. The number of hydrogen-bond donors (Lipinski definition) is 0. The summed E-state index contributed by atoms with van der Waals surface area (Å²) in [6.07, 6.45) is 0. The summed E-state index contributed by atoms with van der Waals surface area (Å²) in [6.45, 7) is 5.92. The SMILES string of the molecule is CP1(=O)OCCOCCOCCOP(C)(=O)OCCOCCOCCO1. The van der Waals surface area contributed by atoms with Crippen LogP contribution < -0.4 is 0 Å². The van der Waals surface area contributed by atoms with Gasteiger partial charge < -0.3 is 37.0 Å². The maximum absolute atomic E-state index is 12.0. The summed E-state index contributed by atoms with van der Waals surface area (Å²) < 4.78 is 65.9. The summed E-state index contributed by atoms with van der Waals surface area (Å²) in [6, 6.07) is 0. The molecule has 1 heterocycles. The molecular weight excluding hydrogens is 390 g/mol. The van der Waals surface area contributed by atoms with Crippen molar-refractivity contribution in [3.8, 4) is 0 Å². The highest BCUT2D eigenvalue weighted by Crippen LogP contribution is 2.43. The van der Waals surface area contributed by atoms with Gasteiger partial charge in [-0.1, -0.05) is 0 Å². The smallest absolute Gasteiger partial charge is 0.327 e. The zero-order valence-corrected chi connectivity index (χ0v) is 17.3. The molecule has 0 radical (unpaired) electrons. The lowest BCUT2D eigenvalue weighted by molar-refractivity contribution is 0.0133. The van der Waals surface area contributed by atoms with Crippen molar-refractivity contribution in [3.05, 3.63) is 0 Å². The molecule has 1 aliphatic rings. The Hall–Kier alpha value is 0.140. The lowest BCUT2D eigenvalue weighted by atomic mass is 10.7. The molecule has 0 aliphatic carbocycles. The largest absolute Gasteiger partial charge is 0.377 e. The molecule has 1 saturated heterocycles. The van der Waals surface area contributed by atoms with Crippen LogP contribution in [-0.4, -0.2) is 92.6 Å². The van der Waals surface area contributed by atoms with Crippen molar-refractivity contribution in [1.82, 2.24) is 0 Å². The van der Waals surface area contributed by atoms with Crippen LogP contribution in [0.2, 0.25) is 0 Å². The number of ether oxygens (including phenoxy) is 4. The quantitative estimate of drug-likeness (QED) is 0.538. The molecule has 12 heteroatoms. The molecule has 1 aliphatic heterocycles. The van der Waals surface area contributed by atoms with Gasteiger partial charge in [-0.05, 0) is 0 Å². The van der Waals surface area contributed by atoms with Gasteiger partial charge in [-0.25, -0.2) is 0 Å². The van der Waals surface area contributed by atoms with E-state index < -0.39 is 15.2 Å². The van der Waals surface area contributed by atoms with Crippen LogP contribution in [-0.2, 0) is 46.2 Å². The maximum atomic E-state index is 12.0. The fourth-order valence-corrected chi connectivity index (χ4v) is 3.54. The van der Waals surface area contributed by atoms with E-state index in [4.69, 9.17) is 37.0 Å². The average Bonchev–Trinajstić information content (AvgIpc) is 2.57. The van der Waals surface area contributed by atoms with Crippen molar-refractivity contribution in [2.45, 2.75) is 0 Å². The van der Waals surface area contributed by atoms with Gasteiger partial charge in [0, 0.05) is 13.3 Å². The second-order valence-corrected chi connectivity index (χ2v) is 9.44. The molecule has 0 spiro atoms. The van der Waals surface area contributed by atoms with Crippen molar-refractivity contribution < 1.29 is 46.2 Å². The normalized spacial score (nSPS) is 33.6. The van der Waals surface area contributed by atoms with Crippen LogP contribution in [0.3, 0.4) is 0 Å². The molecule has 0 aromatic rings. The third-order valence-electron chi connectivity index (χ3n) is 2.96. The highest BCUT2D eigenvalue weighted by molar-refractivity contribution is 7.53. The van der Waals surface area contributed by atoms with Gasteiger partial charge in [-0.3, -0.25) is 9.13 Å². The Morgan fingerprint density at radius 2 is 0.615 bits per heavy atom. The van der Waals surface area contributed by atoms with Crippen LogP contribution >= 0.6 is 15.2 Å².